The number of hydrogen-bond donors (Lipinski definition) is 0. The lowest BCUT2D eigenvalue weighted by Crippen LogP contribution is -2.19. The van der Waals surface area contributed by atoms with Gasteiger partial charge in [-0.25, -0.2) is 0 Å². The molecule has 0 saturated carbocycles. The lowest BCUT2D eigenvalue weighted by atomic mass is 10.3. The Morgan fingerprint density at radius 3 is 2.50 bits per heavy atom. The van der Waals surface area contributed by atoms with E-state index < -0.39 is 0 Å². The van der Waals surface area contributed by atoms with Gasteiger partial charge in [-0.15, -0.1) is 0 Å². The van der Waals surface area contributed by atoms with Crippen molar-refractivity contribution in [2.24, 2.45) is 0 Å². The maximum atomic E-state index is 2.35. The quantitative estimate of drug-likeness (QED) is 0.667. The molecule has 0 unspecified atom stereocenters. The van der Waals surface area contributed by atoms with Crippen LogP contribution in [0.15, 0.2) is 42.2 Å². The van der Waals surface area contributed by atoms with Crippen LogP contribution >= 0.6 is 0 Å². The Balaban J connectivity index is 2.28. The number of benzene rings is 1. The van der Waals surface area contributed by atoms with Gasteiger partial charge in [-0.05, 0) is 25.1 Å². The third kappa shape index (κ3) is 1.48. The largest absolute Gasteiger partial charge is 0.360 e. The van der Waals surface area contributed by atoms with Gasteiger partial charge in [0.1, 0.15) is 5.82 Å². The van der Waals surface area contributed by atoms with Crippen molar-refractivity contribution in [3.63, 3.8) is 0 Å². The van der Waals surface area contributed by atoms with Crippen molar-refractivity contribution < 1.29 is 0 Å². The minimum absolute atomic E-state index is 1.08. The molecule has 0 radical (unpaired) electrons. The zero-order valence-corrected chi connectivity index (χ0v) is 8.77. The molecule has 0 aromatic heterocycles. The molecule has 74 valence electrons. The van der Waals surface area contributed by atoms with E-state index in [-0.39, 0.29) is 0 Å². The Bertz CT molecular complexity index is 329. The second-order valence-electron chi connectivity index (χ2n) is 3.56. The van der Waals surface area contributed by atoms with Crippen LogP contribution in [0.2, 0.25) is 0 Å². The monoisotopic (exact) mass is 188 g/mol. The SMILES string of the molecule is CC=C1N(C)CCN1c1ccccc1. The Kier molecular flexibility index (Phi) is 2.44. The Hall–Kier alpha value is -1.44. The highest BCUT2D eigenvalue weighted by Crippen LogP contribution is 2.24. The average Bonchev–Trinajstić information content (AvgIpc) is 2.61. The normalized spacial score (nSPS) is 19.4. The molecule has 0 N–H and O–H groups in total. The van der Waals surface area contributed by atoms with Crippen molar-refractivity contribution in [1.29, 1.82) is 0 Å². The van der Waals surface area contributed by atoms with Crippen molar-refractivity contribution >= 4 is 5.69 Å². The zero-order chi connectivity index (χ0) is 9.97. The highest BCUT2D eigenvalue weighted by atomic mass is 15.4. The van der Waals surface area contributed by atoms with E-state index in [2.05, 4.69) is 60.2 Å². The van der Waals surface area contributed by atoms with Gasteiger partial charge in [-0.3, -0.25) is 0 Å². The number of nitrogens with zero attached hydrogens (tertiary/aromatic N) is 2. The fourth-order valence-electron chi connectivity index (χ4n) is 1.93. The van der Waals surface area contributed by atoms with Gasteiger partial charge in [0.15, 0.2) is 0 Å². The maximum Gasteiger partial charge on any atom is 0.104 e. The summed E-state index contributed by atoms with van der Waals surface area (Å²) in [7, 11) is 2.14. The minimum atomic E-state index is 1.08. The molecular formula is C12H16N2. The van der Waals surface area contributed by atoms with Crippen molar-refractivity contribution in [1.82, 2.24) is 4.90 Å². The first-order chi connectivity index (χ1) is 6.83. The summed E-state index contributed by atoms with van der Waals surface area (Å²) >= 11 is 0. The third-order valence-electron chi connectivity index (χ3n) is 2.65. The molecule has 1 aliphatic heterocycles. The molecule has 1 aromatic rings. The molecule has 1 aromatic carbocycles. The van der Waals surface area contributed by atoms with Gasteiger partial charge in [0.05, 0.1) is 0 Å². The molecule has 0 bridgehead atoms. The molecule has 2 nitrogen and oxygen atoms in total. The summed E-state index contributed by atoms with van der Waals surface area (Å²) in [5.74, 6) is 1.30. The topological polar surface area (TPSA) is 6.48 Å². The van der Waals surface area contributed by atoms with Crippen LogP contribution in [-0.4, -0.2) is 25.0 Å². The molecule has 2 heteroatoms. The van der Waals surface area contributed by atoms with Crippen LogP contribution in [0.25, 0.3) is 0 Å². The summed E-state index contributed by atoms with van der Waals surface area (Å²) in [6, 6.07) is 10.5. The molecule has 14 heavy (non-hydrogen) atoms. The summed E-state index contributed by atoms with van der Waals surface area (Å²) in [5.41, 5.74) is 1.28. The van der Waals surface area contributed by atoms with E-state index in [9.17, 15) is 0 Å². The fraction of sp³-hybridized carbons (Fsp3) is 0.333. The molecule has 0 amide bonds. The first kappa shape index (κ1) is 9.13. The summed E-state index contributed by atoms with van der Waals surface area (Å²) in [6.45, 7) is 4.28. The molecular weight excluding hydrogens is 172 g/mol. The highest BCUT2D eigenvalue weighted by Gasteiger charge is 2.21. The van der Waals surface area contributed by atoms with Crippen molar-refractivity contribution in [3.8, 4) is 0 Å². The zero-order valence-electron chi connectivity index (χ0n) is 8.77. The lowest BCUT2D eigenvalue weighted by Gasteiger charge is -2.21. The predicted molar refractivity (Wildman–Crippen MR) is 60.2 cm³/mol. The number of para-hydroxylation sites is 1. The van der Waals surface area contributed by atoms with Crippen LogP contribution in [0.1, 0.15) is 6.92 Å². The van der Waals surface area contributed by atoms with Gasteiger partial charge < -0.3 is 9.80 Å². The van der Waals surface area contributed by atoms with E-state index in [4.69, 9.17) is 0 Å². The van der Waals surface area contributed by atoms with E-state index in [1.165, 1.54) is 11.5 Å². The van der Waals surface area contributed by atoms with E-state index in [0.717, 1.165) is 13.1 Å². The van der Waals surface area contributed by atoms with Gasteiger partial charge >= 0.3 is 0 Å². The van der Waals surface area contributed by atoms with E-state index >= 15 is 0 Å². The second-order valence-corrected chi connectivity index (χ2v) is 3.56. The first-order valence-electron chi connectivity index (χ1n) is 5.03. The van der Waals surface area contributed by atoms with E-state index in [0.29, 0.717) is 0 Å². The molecule has 1 saturated heterocycles. The van der Waals surface area contributed by atoms with Crippen molar-refractivity contribution in [3.05, 3.63) is 42.2 Å². The number of anilines is 1. The number of hydrogen-bond acceptors (Lipinski definition) is 2. The van der Waals surface area contributed by atoms with Gasteiger partial charge in [-0.2, -0.15) is 0 Å². The summed E-state index contributed by atoms with van der Waals surface area (Å²) in [4.78, 5) is 4.63. The van der Waals surface area contributed by atoms with Gasteiger partial charge in [0.25, 0.3) is 0 Å². The molecule has 1 fully saturated rings. The molecule has 0 atom stereocenters. The van der Waals surface area contributed by atoms with E-state index in [1.54, 1.807) is 0 Å². The summed E-state index contributed by atoms with van der Waals surface area (Å²) < 4.78 is 0. The number of allylic oxidation sites excluding steroid dienone is 1. The third-order valence-corrected chi connectivity index (χ3v) is 2.65. The van der Waals surface area contributed by atoms with E-state index in [1.807, 2.05) is 0 Å². The minimum Gasteiger partial charge on any atom is -0.360 e. The fourth-order valence-corrected chi connectivity index (χ4v) is 1.93. The van der Waals surface area contributed by atoms with Crippen LogP contribution < -0.4 is 4.90 Å². The van der Waals surface area contributed by atoms with Crippen LogP contribution in [0.3, 0.4) is 0 Å². The maximum absolute atomic E-state index is 2.35. The number of rotatable bonds is 1. The smallest absolute Gasteiger partial charge is 0.104 e. The van der Waals surface area contributed by atoms with Gasteiger partial charge in [0.2, 0.25) is 0 Å². The summed E-state index contributed by atoms with van der Waals surface area (Å²) in [5, 5.41) is 0. The van der Waals surface area contributed by atoms with Crippen LogP contribution in [0, 0.1) is 0 Å². The van der Waals surface area contributed by atoms with Crippen LogP contribution in [0.4, 0.5) is 5.69 Å². The molecule has 1 heterocycles. The molecule has 2 rings (SSSR count). The standard InChI is InChI=1S/C12H16N2/c1-3-12-13(2)9-10-14(12)11-7-5-4-6-8-11/h3-8H,9-10H2,1-2H3. The second kappa shape index (κ2) is 3.74. The van der Waals surface area contributed by atoms with Gasteiger partial charge in [-0.1, -0.05) is 18.2 Å². The highest BCUT2D eigenvalue weighted by molar-refractivity contribution is 5.52. The Morgan fingerprint density at radius 2 is 1.86 bits per heavy atom. The molecule has 1 aliphatic rings. The average molecular weight is 188 g/mol. The Morgan fingerprint density at radius 1 is 1.14 bits per heavy atom. The predicted octanol–water partition coefficient (Wildman–Crippen LogP) is 2.30. The number of likely N-dealkylation sites (N-methyl/N-ethyl adjacent to an activating group) is 1. The van der Waals surface area contributed by atoms with Crippen LogP contribution in [0.5, 0.6) is 0 Å². The lowest BCUT2D eigenvalue weighted by molar-refractivity contribution is 0.487. The summed E-state index contributed by atoms with van der Waals surface area (Å²) in [6.07, 6.45) is 2.17. The van der Waals surface area contributed by atoms with Gasteiger partial charge in [0, 0.05) is 25.8 Å². The van der Waals surface area contributed by atoms with Crippen molar-refractivity contribution in [2.75, 3.05) is 25.0 Å². The molecule has 0 aliphatic carbocycles. The Labute approximate surface area is 85.4 Å². The van der Waals surface area contributed by atoms with Crippen molar-refractivity contribution in [2.45, 2.75) is 6.92 Å². The first-order valence-corrected chi connectivity index (χ1v) is 5.03. The molecule has 0 spiro atoms. The van der Waals surface area contributed by atoms with Crippen LogP contribution in [-0.2, 0) is 0 Å².